The molecule has 0 heterocycles. The van der Waals surface area contributed by atoms with Crippen LogP contribution in [0.4, 0.5) is 0 Å². The smallest absolute Gasteiger partial charge is 0.379 e. The van der Waals surface area contributed by atoms with Gasteiger partial charge in [0.15, 0.2) is 0 Å². The van der Waals surface area contributed by atoms with E-state index in [2.05, 4.69) is 23.6 Å². The van der Waals surface area contributed by atoms with E-state index in [-0.39, 0.29) is 11.8 Å². The van der Waals surface area contributed by atoms with Gasteiger partial charge < -0.3 is 10.5 Å². The first kappa shape index (κ1) is 9.48. The number of carbonyl (C=O) groups is 2. The predicted molar refractivity (Wildman–Crippen MR) is 42.4 cm³/mol. The molecule has 0 unspecified atom stereocenters. The fourth-order valence-electron chi connectivity index (χ4n) is 0.296. The van der Waals surface area contributed by atoms with Crippen LogP contribution in [0.1, 0.15) is 0 Å². The molecule has 5 heteroatoms. The molecule has 0 fully saturated rings. The van der Waals surface area contributed by atoms with Gasteiger partial charge in [0, 0.05) is 0 Å². The van der Waals surface area contributed by atoms with Gasteiger partial charge >= 0.3 is 7.55 Å². The minimum Gasteiger partial charge on any atom is -0.379 e. The van der Waals surface area contributed by atoms with E-state index < -0.39 is 0 Å². The van der Waals surface area contributed by atoms with Gasteiger partial charge in [0.05, 0.1) is 0 Å². The SMILES string of the molecule is C=CC(=O)N[B]NC(=O)C=C. The zero-order valence-corrected chi connectivity index (χ0v) is 5.96. The van der Waals surface area contributed by atoms with Crippen LogP contribution in [0.15, 0.2) is 25.3 Å². The quantitative estimate of drug-likeness (QED) is 0.405. The molecule has 0 rings (SSSR count). The van der Waals surface area contributed by atoms with Crippen LogP contribution in [0.25, 0.3) is 0 Å². The molecule has 0 aliphatic rings. The third kappa shape index (κ3) is 4.96. The van der Waals surface area contributed by atoms with E-state index in [4.69, 9.17) is 0 Å². The van der Waals surface area contributed by atoms with Gasteiger partial charge in [-0.25, -0.2) is 0 Å². The summed E-state index contributed by atoms with van der Waals surface area (Å²) in [5, 5.41) is 4.47. The lowest BCUT2D eigenvalue weighted by molar-refractivity contribution is -0.115. The van der Waals surface area contributed by atoms with E-state index >= 15 is 0 Å². The summed E-state index contributed by atoms with van der Waals surface area (Å²) in [6, 6.07) is 0. The van der Waals surface area contributed by atoms with E-state index in [1.54, 1.807) is 0 Å². The van der Waals surface area contributed by atoms with Crippen LogP contribution in [0.2, 0.25) is 0 Å². The number of hydrogen-bond acceptors (Lipinski definition) is 2. The normalized spacial score (nSPS) is 7.64. The Hall–Kier alpha value is -1.52. The summed E-state index contributed by atoms with van der Waals surface area (Å²) < 4.78 is 0. The summed E-state index contributed by atoms with van der Waals surface area (Å²) in [7, 11) is 1.12. The van der Waals surface area contributed by atoms with Crippen molar-refractivity contribution in [2.75, 3.05) is 0 Å². The fraction of sp³-hybridized carbons (Fsp3) is 0. The van der Waals surface area contributed by atoms with Crippen molar-refractivity contribution in [2.45, 2.75) is 0 Å². The summed E-state index contributed by atoms with van der Waals surface area (Å²) in [4.78, 5) is 20.9. The Labute approximate surface area is 65.6 Å². The number of nitrogens with one attached hydrogen (secondary N) is 2. The summed E-state index contributed by atoms with van der Waals surface area (Å²) in [6.45, 7) is 6.43. The minimum atomic E-state index is -0.380. The van der Waals surface area contributed by atoms with Crippen molar-refractivity contribution in [1.82, 2.24) is 10.5 Å². The van der Waals surface area contributed by atoms with Crippen LogP contribution in [0.5, 0.6) is 0 Å². The molecule has 0 bridgehead atoms. The van der Waals surface area contributed by atoms with E-state index in [0.29, 0.717) is 0 Å². The molecule has 0 aromatic carbocycles. The Kier molecular flexibility index (Phi) is 4.56. The highest BCUT2D eigenvalue weighted by atomic mass is 16.2. The summed E-state index contributed by atoms with van der Waals surface area (Å²) in [5.41, 5.74) is 0. The van der Waals surface area contributed by atoms with Crippen molar-refractivity contribution in [3.8, 4) is 0 Å². The van der Waals surface area contributed by atoms with Crippen LogP contribution >= 0.6 is 0 Å². The molecule has 0 aliphatic heterocycles. The maximum absolute atomic E-state index is 10.4. The maximum atomic E-state index is 10.4. The lowest BCUT2D eigenvalue weighted by Crippen LogP contribution is -2.39. The van der Waals surface area contributed by atoms with E-state index in [1.807, 2.05) is 0 Å². The number of hydrogen-bond donors (Lipinski definition) is 2. The average molecular weight is 151 g/mol. The van der Waals surface area contributed by atoms with Crippen LogP contribution < -0.4 is 10.5 Å². The Morgan fingerprint density at radius 2 is 1.45 bits per heavy atom. The highest BCUT2D eigenvalue weighted by Gasteiger charge is 1.97. The van der Waals surface area contributed by atoms with Gasteiger partial charge in [0.2, 0.25) is 11.8 Å². The number of carbonyl (C=O) groups excluding carboxylic acids is 2. The van der Waals surface area contributed by atoms with E-state index in [1.165, 1.54) is 0 Å². The highest BCUT2D eigenvalue weighted by molar-refractivity contribution is 6.39. The molecule has 0 aromatic heterocycles. The second-order valence-corrected chi connectivity index (χ2v) is 1.57. The van der Waals surface area contributed by atoms with Gasteiger partial charge in [-0.1, -0.05) is 13.2 Å². The second-order valence-electron chi connectivity index (χ2n) is 1.57. The first-order valence-corrected chi connectivity index (χ1v) is 2.88. The van der Waals surface area contributed by atoms with Crippen molar-refractivity contribution in [2.24, 2.45) is 0 Å². The monoisotopic (exact) mass is 151 g/mol. The van der Waals surface area contributed by atoms with Gasteiger partial charge in [-0.15, -0.1) is 0 Å². The Balaban J connectivity index is 3.41. The molecule has 0 atom stereocenters. The van der Waals surface area contributed by atoms with Gasteiger partial charge in [-0.3, -0.25) is 9.59 Å². The Morgan fingerprint density at radius 1 is 1.09 bits per heavy atom. The Bertz CT molecular complexity index is 171. The Morgan fingerprint density at radius 3 is 1.73 bits per heavy atom. The minimum absolute atomic E-state index is 0.380. The van der Waals surface area contributed by atoms with E-state index in [9.17, 15) is 9.59 Å². The molecular formula is C6H8BN2O2. The molecular weight excluding hydrogens is 143 g/mol. The lowest BCUT2D eigenvalue weighted by Gasteiger charge is -1.98. The summed E-state index contributed by atoms with van der Waals surface area (Å²) in [5.74, 6) is -0.760. The average Bonchev–Trinajstić information content (AvgIpc) is 2.04. The van der Waals surface area contributed by atoms with Gasteiger partial charge in [-0.05, 0) is 12.2 Å². The zero-order chi connectivity index (χ0) is 8.69. The summed E-state index contributed by atoms with van der Waals surface area (Å²) >= 11 is 0. The number of amides is 2. The molecule has 1 radical (unpaired) electrons. The molecule has 0 aliphatic carbocycles. The van der Waals surface area contributed by atoms with Gasteiger partial charge in [0.1, 0.15) is 0 Å². The highest BCUT2D eigenvalue weighted by Crippen LogP contribution is 1.64. The molecule has 11 heavy (non-hydrogen) atoms. The van der Waals surface area contributed by atoms with Gasteiger partial charge in [0.25, 0.3) is 0 Å². The van der Waals surface area contributed by atoms with Crippen LogP contribution in [0.3, 0.4) is 0 Å². The van der Waals surface area contributed by atoms with Crippen LogP contribution in [-0.2, 0) is 9.59 Å². The molecule has 57 valence electrons. The predicted octanol–water partition coefficient (Wildman–Crippen LogP) is -0.875. The molecule has 0 spiro atoms. The fourth-order valence-corrected chi connectivity index (χ4v) is 0.296. The van der Waals surface area contributed by atoms with Crippen LogP contribution in [-0.4, -0.2) is 19.4 Å². The molecule has 0 saturated carbocycles. The maximum Gasteiger partial charge on any atom is 0.390 e. The second kappa shape index (κ2) is 5.28. The van der Waals surface area contributed by atoms with Crippen molar-refractivity contribution < 1.29 is 9.59 Å². The van der Waals surface area contributed by atoms with Crippen molar-refractivity contribution in [1.29, 1.82) is 0 Å². The molecule has 2 N–H and O–H groups in total. The molecule has 0 saturated heterocycles. The van der Waals surface area contributed by atoms with Gasteiger partial charge in [-0.2, -0.15) is 0 Å². The summed E-state index contributed by atoms with van der Waals surface area (Å²) in [6.07, 6.45) is 2.19. The van der Waals surface area contributed by atoms with Crippen molar-refractivity contribution >= 4 is 19.4 Å². The van der Waals surface area contributed by atoms with Crippen molar-refractivity contribution in [3.63, 3.8) is 0 Å². The molecule has 2 amide bonds. The number of rotatable bonds is 4. The zero-order valence-electron chi connectivity index (χ0n) is 5.96. The topological polar surface area (TPSA) is 58.2 Å². The first-order valence-electron chi connectivity index (χ1n) is 2.88. The third-order valence-corrected chi connectivity index (χ3v) is 0.800. The lowest BCUT2D eigenvalue weighted by atomic mass is 10.1. The standard InChI is InChI=1S/C6H8BN2O2/c1-3-5(10)8-7-9-6(11)4-2/h3-4H,1-2H2,(H,8,10)(H,9,11). The molecule has 0 aromatic rings. The first-order chi connectivity index (χ1) is 5.20. The molecule has 4 nitrogen and oxygen atoms in total. The largest absolute Gasteiger partial charge is 0.390 e. The van der Waals surface area contributed by atoms with Crippen LogP contribution in [0, 0.1) is 0 Å². The third-order valence-electron chi connectivity index (χ3n) is 0.800. The van der Waals surface area contributed by atoms with E-state index in [0.717, 1.165) is 19.7 Å². The van der Waals surface area contributed by atoms with Crippen molar-refractivity contribution in [3.05, 3.63) is 25.3 Å².